The predicted molar refractivity (Wildman–Crippen MR) is 70.3 cm³/mol. The number of rotatable bonds is 6. The molecule has 17 heavy (non-hydrogen) atoms. The van der Waals surface area contributed by atoms with Gasteiger partial charge in [0.05, 0.1) is 0 Å². The topological polar surface area (TPSA) is 52.5 Å². The number of aliphatic hydroxyl groups is 1. The van der Waals surface area contributed by atoms with Gasteiger partial charge in [0, 0.05) is 29.8 Å². The normalized spacial score (nSPS) is 13.0. The van der Waals surface area contributed by atoms with Crippen LogP contribution in [0.2, 0.25) is 5.02 Å². The van der Waals surface area contributed by atoms with Crippen molar-refractivity contribution in [3.63, 3.8) is 0 Å². The predicted octanol–water partition coefficient (Wildman–Crippen LogP) is 2.54. The Morgan fingerprint density at radius 3 is 2.65 bits per heavy atom. The van der Waals surface area contributed by atoms with Crippen molar-refractivity contribution < 1.29 is 10.2 Å². The number of aromatic hydroxyl groups is 1. The summed E-state index contributed by atoms with van der Waals surface area (Å²) in [7, 11) is 0. The van der Waals surface area contributed by atoms with Crippen molar-refractivity contribution in [1.29, 1.82) is 0 Å². The van der Waals surface area contributed by atoms with Crippen molar-refractivity contribution in [1.82, 2.24) is 5.32 Å². The Hall–Kier alpha value is -0.770. The highest BCUT2D eigenvalue weighted by Gasteiger charge is 2.12. The molecule has 0 amide bonds. The van der Waals surface area contributed by atoms with E-state index in [-0.39, 0.29) is 18.4 Å². The van der Waals surface area contributed by atoms with Gasteiger partial charge in [-0.3, -0.25) is 0 Å². The summed E-state index contributed by atoms with van der Waals surface area (Å²) in [6.07, 6.45) is 0.707. The van der Waals surface area contributed by atoms with Crippen molar-refractivity contribution in [3.8, 4) is 5.75 Å². The molecule has 0 radical (unpaired) electrons. The Bertz CT molecular complexity index is 355. The van der Waals surface area contributed by atoms with E-state index < -0.39 is 0 Å². The van der Waals surface area contributed by atoms with Crippen LogP contribution in [0.3, 0.4) is 0 Å². The number of nitrogens with one attached hydrogen (secondary N) is 1. The molecule has 0 aromatic heterocycles. The fourth-order valence-corrected chi connectivity index (χ4v) is 1.94. The van der Waals surface area contributed by atoms with E-state index in [2.05, 4.69) is 19.2 Å². The summed E-state index contributed by atoms with van der Waals surface area (Å²) in [5.74, 6) is 0.678. The monoisotopic (exact) mass is 257 g/mol. The van der Waals surface area contributed by atoms with Gasteiger partial charge in [0.15, 0.2) is 0 Å². The molecule has 0 aliphatic carbocycles. The van der Waals surface area contributed by atoms with Crippen LogP contribution in [0.4, 0.5) is 0 Å². The van der Waals surface area contributed by atoms with E-state index in [1.165, 1.54) is 0 Å². The number of halogens is 1. The lowest BCUT2D eigenvalue weighted by Crippen LogP contribution is -2.34. The first-order valence-electron chi connectivity index (χ1n) is 5.86. The molecule has 1 rings (SSSR count). The maximum Gasteiger partial charge on any atom is 0.120 e. The van der Waals surface area contributed by atoms with Crippen LogP contribution in [-0.2, 0) is 6.54 Å². The molecule has 0 saturated heterocycles. The smallest absolute Gasteiger partial charge is 0.120 e. The van der Waals surface area contributed by atoms with Crippen LogP contribution in [0.5, 0.6) is 5.75 Å². The lowest BCUT2D eigenvalue weighted by molar-refractivity contribution is 0.243. The Morgan fingerprint density at radius 1 is 1.35 bits per heavy atom. The van der Waals surface area contributed by atoms with Gasteiger partial charge in [-0.2, -0.15) is 0 Å². The fourth-order valence-electron chi connectivity index (χ4n) is 1.75. The second-order valence-corrected chi connectivity index (χ2v) is 4.95. The number of hydrogen-bond donors (Lipinski definition) is 3. The molecular weight excluding hydrogens is 238 g/mol. The summed E-state index contributed by atoms with van der Waals surface area (Å²) in [5, 5.41) is 22.6. The molecule has 1 aromatic rings. The standard InChI is InChI=1S/C13H20ClNO2/c1-9(2)12(5-6-16)15-8-10-7-11(14)3-4-13(10)17/h3-4,7,9,12,15-17H,5-6,8H2,1-2H3. The quantitative estimate of drug-likeness (QED) is 0.734. The zero-order valence-electron chi connectivity index (χ0n) is 10.3. The van der Waals surface area contributed by atoms with E-state index in [4.69, 9.17) is 16.7 Å². The largest absolute Gasteiger partial charge is 0.508 e. The average molecular weight is 258 g/mol. The second-order valence-electron chi connectivity index (χ2n) is 4.52. The van der Waals surface area contributed by atoms with E-state index in [1.54, 1.807) is 18.2 Å². The molecule has 0 bridgehead atoms. The third kappa shape index (κ3) is 4.54. The number of benzene rings is 1. The van der Waals surface area contributed by atoms with Crippen LogP contribution in [0, 0.1) is 5.92 Å². The first-order chi connectivity index (χ1) is 8.04. The minimum Gasteiger partial charge on any atom is -0.508 e. The molecule has 0 heterocycles. The highest BCUT2D eigenvalue weighted by atomic mass is 35.5. The third-order valence-corrected chi connectivity index (χ3v) is 3.08. The first kappa shape index (κ1) is 14.3. The molecule has 1 aromatic carbocycles. The zero-order chi connectivity index (χ0) is 12.8. The molecule has 1 atom stereocenters. The van der Waals surface area contributed by atoms with Crippen molar-refractivity contribution in [3.05, 3.63) is 28.8 Å². The number of phenolic OH excluding ortho intramolecular Hbond substituents is 1. The van der Waals surface area contributed by atoms with Gasteiger partial charge in [-0.05, 0) is 30.5 Å². The number of phenols is 1. The molecule has 3 nitrogen and oxygen atoms in total. The Balaban J connectivity index is 2.61. The summed E-state index contributed by atoms with van der Waals surface area (Å²) in [5.41, 5.74) is 0.779. The van der Waals surface area contributed by atoms with Gasteiger partial charge in [0.25, 0.3) is 0 Å². The maximum absolute atomic E-state index is 9.67. The molecule has 3 N–H and O–H groups in total. The van der Waals surface area contributed by atoms with Crippen molar-refractivity contribution in [2.75, 3.05) is 6.61 Å². The van der Waals surface area contributed by atoms with E-state index in [9.17, 15) is 5.11 Å². The Labute approximate surface area is 107 Å². The van der Waals surface area contributed by atoms with E-state index >= 15 is 0 Å². The van der Waals surface area contributed by atoms with Crippen LogP contribution in [-0.4, -0.2) is 22.9 Å². The third-order valence-electron chi connectivity index (χ3n) is 2.84. The fraction of sp³-hybridized carbons (Fsp3) is 0.538. The van der Waals surface area contributed by atoms with Gasteiger partial charge in [-0.25, -0.2) is 0 Å². The van der Waals surface area contributed by atoms with Gasteiger partial charge in [-0.1, -0.05) is 25.4 Å². The molecule has 0 fully saturated rings. The molecule has 96 valence electrons. The lowest BCUT2D eigenvalue weighted by Gasteiger charge is -2.21. The maximum atomic E-state index is 9.67. The van der Waals surface area contributed by atoms with Crippen molar-refractivity contribution in [2.45, 2.75) is 32.9 Å². The molecule has 0 aliphatic heterocycles. The molecule has 0 aliphatic rings. The van der Waals surface area contributed by atoms with Gasteiger partial charge < -0.3 is 15.5 Å². The number of aliphatic hydroxyl groups excluding tert-OH is 1. The van der Waals surface area contributed by atoms with Crippen molar-refractivity contribution >= 4 is 11.6 Å². The van der Waals surface area contributed by atoms with Gasteiger partial charge in [0.2, 0.25) is 0 Å². The minimum absolute atomic E-state index is 0.164. The van der Waals surface area contributed by atoms with E-state index in [1.807, 2.05) is 0 Å². The van der Waals surface area contributed by atoms with Gasteiger partial charge in [0.1, 0.15) is 5.75 Å². The summed E-state index contributed by atoms with van der Waals surface area (Å²) in [6, 6.07) is 5.24. The van der Waals surface area contributed by atoms with Crippen LogP contribution in [0.15, 0.2) is 18.2 Å². The average Bonchev–Trinajstić information content (AvgIpc) is 2.28. The lowest BCUT2D eigenvalue weighted by atomic mass is 10.0. The Morgan fingerprint density at radius 2 is 2.06 bits per heavy atom. The van der Waals surface area contributed by atoms with Crippen LogP contribution in [0.25, 0.3) is 0 Å². The van der Waals surface area contributed by atoms with E-state index in [0.717, 1.165) is 5.56 Å². The van der Waals surface area contributed by atoms with Gasteiger partial charge >= 0.3 is 0 Å². The highest BCUT2D eigenvalue weighted by Crippen LogP contribution is 2.21. The highest BCUT2D eigenvalue weighted by molar-refractivity contribution is 6.30. The molecule has 1 unspecified atom stereocenters. The van der Waals surface area contributed by atoms with Crippen LogP contribution >= 0.6 is 11.6 Å². The molecule has 0 spiro atoms. The van der Waals surface area contributed by atoms with Gasteiger partial charge in [-0.15, -0.1) is 0 Å². The summed E-state index contributed by atoms with van der Waals surface area (Å²) in [4.78, 5) is 0. The summed E-state index contributed by atoms with van der Waals surface area (Å²) < 4.78 is 0. The molecule has 4 heteroatoms. The van der Waals surface area contributed by atoms with Crippen LogP contribution in [0.1, 0.15) is 25.8 Å². The SMILES string of the molecule is CC(C)C(CCO)NCc1cc(Cl)ccc1O. The van der Waals surface area contributed by atoms with Crippen LogP contribution < -0.4 is 5.32 Å². The minimum atomic E-state index is 0.164. The molecular formula is C13H20ClNO2. The van der Waals surface area contributed by atoms with Crippen molar-refractivity contribution in [2.24, 2.45) is 5.92 Å². The zero-order valence-corrected chi connectivity index (χ0v) is 11.0. The van der Waals surface area contributed by atoms with E-state index in [0.29, 0.717) is 23.9 Å². The second kappa shape index (κ2) is 6.84. The Kier molecular flexibility index (Phi) is 5.75. The summed E-state index contributed by atoms with van der Waals surface area (Å²) >= 11 is 5.88. The molecule has 0 saturated carbocycles. The summed E-state index contributed by atoms with van der Waals surface area (Å²) in [6.45, 7) is 4.92. The number of hydrogen-bond acceptors (Lipinski definition) is 3. The first-order valence-corrected chi connectivity index (χ1v) is 6.24.